The molecule has 2 unspecified atom stereocenters. The van der Waals surface area contributed by atoms with Gasteiger partial charge in [-0.1, -0.05) is 31.9 Å². The van der Waals surface area contributed by atoms with Gasteiger partial charge in [-0.05, 0) is 24.1 Å². The lowest BCUT2D eigenvalue weighted by atomic mass is 9.99. The summed E-state index contributed by atoms with van der Waals surface area (Å²) in [5.74, 6) is 0.100. The Morgan fingerprint density at radius 3 is 2.91 bits per heavy atom. The first-order valence-corrected chi connectivity index (χ1v) is 8.29. The van der Waals surface area contributed by atoms with Crippen LogP contribution in [0.25, 0.3) is 10.2 Å². The van der Waals surface area contributed by atoms with Gasteiger partial charge >= 0.3 is 0 Å². The van der Waals surface area contributed by atoms with Crippen LogP contribution in [-0.2, 0) is 11.2 Å². The number of nitrogens with two attached hydrogens (primary N) is 1. The van der Waals surface area contributed by atoms with Gasteiger partial charge in [-0.25, -0.2) is 4.98 Å². The number of nitrogens with zero attached hydrogens (tertiary/aromatic N) is 1. The maximum absolute atomic E-state index is 11.9. The quantitative estimate of drug-likeness (QED) is 0.828. The summed E-state index contributed by atoms with van der Waals surface area (Å²) in [7, 11) is 0. The normalized spacial score (nSPS) is 13.5. The molecule has 4 nitrogen and oxygen atoms in total. The number of hydrogen-bond donors (Lipinski definition) is 2. The molecule has 3 N–H and O–H groups in total. The number of rotatable bonds is 6. The average molecular weight is 362 g/mol. The van der Waals surface area contributed by atoms with Gasteiger partial charge in [-0.2, -0.15) is 0 Å². The largest absolute Gasteiger partial charge is 0.354 e. The van der Waals surface area contributed by atoms with Crippen LogP contribution in [0.2, 0.25) is 5.02 Å². The van der Waals surface area contributed by atoms with Crippen LogP contribution < -0.4 is 11.1 Å². The zero-order valence-electron chi connectivity index (χ0n) is 12.6. The Morgan fingerprint density at radius 2 is 2.23 bits per heavy atom. The first-order chi connectivity index (χ1) is 10.0. The second kappa shape index (κ2) is 8.67. The Balaban J connectivity index is 0.00000242. The molecule has 22 heavy (non-hydrogen) atoms. The van der Waals surface area contributed by atoms with Crippen molar-refractivity contribution in [2.24, 2.45) is 11.7 Å². The van der Waals surface area contributed by atoms with E-state index in [4.69, 9.17) is 17.3 Å². The number of thiazole rings is 1. The number of carbonyl (C=O) groups excluding carboxylic acids is 1. The molecule has 2 rings (SSSR count). The molecule has 0 aliphatic rings. The molecule has 0 saturated heterocycles. The Labute approximate surface area is 145 Å². The van der Waals surface area contributed by atoms with Gasteiger partial charge in [0.05, 0.1) is 21.3 Å². The number of carbonyl (C=O) groups is 1. The van der Waals surface area contributed by atoms with E-state index in [1.165, 1.54) is 0 Å². The molecule has 0 saturated carbocycles. The van der Waals surface area contributed by atoms with Crippen molar-refractivity contribution >= 4 is 51.5 Å². The molecule has 1 heterocycles. The Hall–Kier alpha value is -0.880. The highest BCUT2D eigenvalue weighted by Gasteiger charge is 2.18. The van der Waals surface area contributed by atoms with E-state index in [0.717, 1.165) is 21.6 Å². The predicted molar refractivity (Wildman–Crippen MR) is 96.0 cm³/mol. The highest BCUT2D eigenvalue weighted by molar-refractivity contribution is 7.18. The van der Waals surface area contributed by atoms with E-state index in [-0.39, 0.29) is 24.2 Å². The SMILES string of the molecule is CCC(C)C(N)C(=O)NCCc1nc2cc(Cl)ccc2s1.Cl. The van der Waals surface area contributed by atoms with Crippen LogP contribution in [0.1, 0.15) is 25.3 Å². The Bertz CT molecular complexity index is 632. The van der Waals surface area contributed by atoms with Crippen LogP contribution in [0.4, 0.5) is 0 Å². The molecule has 0 aliphatic carbocycles. The van der Waals surface area contributed by atoms with Crippen molar-refractivity contribution in [1.82, 2.24) is 10.3 Å². The standard InChI is InChI=1S/C15H20ClN3OS.ClH/c1-3-9(2)14(17)15(20)18-7-6-13-19-11-8-10(16)4-5-12(11)21-13;/h4-5,8-9,14H,3,6-7,17H2,1-2H3,(H,18,20);1H. The number of amides is 1. The van der Waals surface area contributed by atoms with Crippen LogP contribution in [0, 0.1) is 5.92 Å². The van der Waals surface area contributed by atoms with Gasteiger partial charge in [0, 0.05) is 18.0 Å². The van der Waals surface area contributed by atoms with Crippen LogP contribution in [0.15, 0.2) is 18.2 Å². The molecule has 0 aliphatic heterocycles. The lowest BCUT2D eigenvalue weighted by molar-refractivity contribution is -0.123. The number of halogens is 2. The minimum Gasteiger partial charge on any atom is -0.354 e. The fourth-order valence-electron chi connectivity index (χ4n) is 1.98. The highest BCUT2D eigenvalue weighted by atomic mass is 35.5. The summed E-state index contributed by atoms with van der Waals surface area (Å²) in [5, 5.41) is 4.56. The second-order valence-electron chi connectivity index (χ2n) is 5.17. The molecular weight excluding hydrogens is 341 g/mol. The van der Waals surface area contributed by atoms with Crippen molar-refractivity contribution in [3.8, 4) is 0 Å². The molecule has 0 spiro atoms. The van der Waals surface area contributed by atoms with Crippen molar-refractivity contribution in [3.63, 3.8) is 0 Å². The van der Waals surface area contributed by atoms with E-state index >= 15 is 0 Å². The number of aromatic nitrogens is 1. The molecule has 2 aromatic rings. The molecule has 1 amide bonds. The molecule has 2 atom stereocenters. The van der Waals surface area contributed by atoms with Crippen molar-refractivity contribution < 1.29 is 4.79 Å². The fourth-order valence-corrected chi connectivity index (χ4v) is 3.09. The van der Waals surface area contributed by atoms with E-state index in [1.54, 1.807) is 11.3 Å². The van der Waals surface area contributed by atoms with Crippen LogP contribution in [0.3, 0.4) is 0 Å². The third-order valence-corrected chi connectivity index (χ3v) is 4.92. The van der Waals surface area contributed by atoms with Crippen molar-refractivity contribution in [2.45, 2.75) is 32.7 Å². The van der Waals surface area contributed by atoms with Gasteiger partial charge in [0.1, 0.15) is 0 Å². The summed E-state index contributed by atoms with van der Waals surface area (Å²) in [5.41, 5.74) is 6.80. The number of benzene rings is 1. The topological polar surface area (TPSA) is 68.0 Å². The summed E-state index contributed by atoms with van der Waals surface area (Å²) in [4.78, 5) is 16.4. The third kappa shape index (κ3) is 4.81. The molecule has 0 fully saturated rings. The summed E-state index contributed by atoms with van der Waals surface area (Å²) < 4.78 is 1.11. The van der Waals surface area contributed by atoms with E-state index < -0.39 is 6.04 Å². The monoisotopic (exact) mass is 361 g/mol. The number of fused-ring (bicyclic) bond motifs is 1. The number of nitrogens with one attached hydrogen (secondary N) is 1. The van der Waals surface area contributed by atoms with Gasteiger partial charge < -0.3 is 11.1 Å². The predicted octanol–water partition coefficient (Wildman–Crippen LogP) is 3.40. The zero-order valence-corrected chi connectivity index (χ0v) is 15.0. The van der Waals surface area contributed by atoms with Crippen LogP contribution in [-0.4, -0.2) is 23.5 Å². The molecule has 0 radical (unpaired) electrons. The van der Waals surface area contributed by atoms with Gasteiger partial charge in [-0.3, -0.25) is 4.79 Å². The van der Waals surface area contributed by atoms with Gasteiger partial charge in [-0.15, -0.1) is 23.7 Å². The van der Waals surface area contributed by atoms with E-state index in [9.17, 15) is 4.79 Å². The summed E-state index contributed by atoms with van der Waals surface area (Å²) >= 11 is 7.57. The van der Waals surface area contributed by atoms with E-state index in [1.807, 2.05) is 32.0 Å². The Kier molecular flexibility index (Phi) is 7.56. The molecule has 1 aromatic heterocycles. The van der Waals surface area contributed by atoms with Gasteiger partial charge in [0.15, 0.2) is 0 Å². The fraction of sp³-hybridized carbons (Fsp3) is 0.467. The minimum atomic E-state index is -0.441. The lowest BCUT2D eigenvalue weighted by Crippen LogP contribution is -2.45. The van der Waals surface area contributed by atoms with Gasteiger partial charge in [0.25, 0.3) is 0 Å². The summed E-state index contributed by atoms with van der Waals surface area (Å²) in [6, 6.07) is 5.24. The van der Waals surface area contributed by atoms with E-state index in [2.05, 4.69) is 10.3 Å². The first-order valence-electron chi connectivity index (χ1n) is 7.09. The molecule has 122 valence electrons. The van der Waals surface area contributed by atoms with E-state index in [0.29, 0.717) is 18.0 Å². The molecule has 1 aromatic carbocycles. The molecular formula is C15H21Cl2N3OS. The summed E-state index contributed by atoms with van der Waals surface area (Å²) in [6.45, 7) is 4.57. The number of hydrogen-bond acceptors (Lipinski definition) is 4. The van der Waals surface area contributed by atoms with Crippen LogP contribution in [0.5, 0.6) is 0 Å². The van der Waals surface area contributed by atoms with Crippen molar-refractivity contribution in [1.29, 1.82) is 0 Å². The first kappa shape index (κ1) is 19.2. The third-order valence-electron chi connectivity index (χ3n) is 3.59. The maximum atomic E-state index is 11.9. The lowest BCUT2D eigenvalue weighted by Gasteiger charge is -2.17. The highest BCUT2D eigenvalue weighted by Crippen LogP contribution is 2.25. The molecule has 7 heteroatoms. The maximum Gasteiger partial charge on any atom is 0.237 e. The smallest absolute Gasteiger partial charge is 0.237 e. The second-order valence-corrected chi connectivity index (χ2v) is 6.72. The van der Waals surface area contributed by atoms with Crippen LogP contribution >= 0.6 is 35.3 Å². The Morgan fingerprint density at radius 1 is 1.50 bits per heavy atom. The summed E-state index contributed by atoms with van der Waals surface area (Å²) in [6.07, 6.45) is 1.60. The average Bonchev–Trinajstić information content (AvgIpc) is 2.87. The van der Waals surface area contributed by atoms with Crippen molar-refractivity contribution in [2.75, 3.05) is 6.54 Å². The van der Waals surface area contributed by atoms with Gasteiger partial charge in [0.2, 0.25) is 5.91 Å². The zero-order chi connectivity index (χ0) is 15.4. The molecule has 0 bridgehead atoms. The minimum absolute atomic E-state index is 0. The van der Waals surface area contributed by atoms with Crippen molar-refractivity contribution in [3.05, 3.63) is 28.2 Å².